The van der Waals surface area contributed by atoms with Gasteiger partial charge in [0.15, 0.2) is 0 Å². The Bertz CT molecular complexity index is 884. The normalized spacial score (nSPS) is 20.0. The third-order valence-electron chi connectivity index (χ3n) is 3.97. The van der Waals surface area contributed by atoms with Gasteiger partial charge in [0.1, 0.15) is 12.1 Å². The van der Waals surface area contributed by atoms with E-state index in [-0.39, 0.29) is 6.42 Å². The first-order valence-corrected chi connectivity index (χ1v) is 8.96. The highest BCUT2D eigenvalue weighted by Crippen LogP contribution is 2.36. The van der Waals surface area contributed by atoms with Gasteiger partial charge in [-0.25, -0.2) is 4.31 Å². The number of hydrogen-bond donors (Lipinski definition) is 2. The van der Waals surface area contributed by atoms with Gasteiger partial charge >= 0.3 is 10.3 Å². The van der Waals surface area contributed by atoms with Crippen LogP contribution in [0.15, 0.2) is 60.7 Å². The zero-order chi connectivity index (χ0) is 18.0. The molecule has 2 N–H and O–H groups in total. The van der Waals surface area contributed by atoms with Gasteiger partial charge < -0.3 is 5.32 Å². The maximum Gasteiger partial charge on any atom is 0.362 e. The van der Waals surface area contributed by atoms with Gasteiger partial charge in [-0.3, -0.25) is 14.1 Å². The summed E-state index contributed by atoms with van der Waals surface area (Å²) in [6, 6.07) is 15.3. The maximum absolute atomic E-state index is 12.2. The third-order valence-corrected chi connectivity index (χ3v) is 4.87. The van der Waals surface area contributed by atoms with Crippen molar-refractivity contribution >= 4 is 22.1 Å². The zero-order valence-corrected chi connectivity index (χ0v) is 13.9. The molecule has 1 aliphatic heterocycles. The molecule has 8 heteroatoms. The Morgan fingerprint density at radius 2 is 1.60 bits per heavy atom. The lowest BCUT2D eigenvalue weighted by Gasteiger charge is -2.44. The van der Waals surface area contributed by atoms with Crippen LogP contribution in [0.2, 0.25) is 0 Å². The molecule has 1 saturated heterocycles. The highest BCUT2D eigenvalue weighted by molar-refractivity contribution is 7.84. The fourth-order valence-electron chi connectivity index (χ4n) is 2.84. The van der Waals surface area contributed by atoms with Crippen LogP contribution in [-0.4, -0.2) is 35.1 Å². The lowest BCUT2D eigenvalue weighted by Crippen LogP contribution is -2.66. The molecule has 0 spiro atoms. The highest BCUT2D eigenvalue weighted by atomic mass is 32.2. The number of benzene rings is 2. The van der Waals surface area contributed by atoms with E-state index in [9.17, 15) is 22.6 Å². The summed E-state index contributed by atoms with van der Waals surface area (Å²) in [5.41, 5.74) is 1.28. The van der Waals surface area contributed by atoms with Gasteiger partial charge in [-0.15, -0.1) is 0 Å². The minimum absolute atomic E-state index is 0.0675. The van der Waals surface area contributed by atoms with E-state index < -0.39 is 34.2 Å². The van der Waals surface area contributed by atoms with Crippen molar-refractivity contribution in [3.05, 3.63) is 71.8 Å². The van der Waals surface area contributed by atoms with Crippen molar-refractivity contribution in [2.24, 2.45) is 0 Å². The number of carbonyl (C=O) groups excluding carboxylic acids is 2. The van der Waals surface area contributed by atoms with Crippen LogP contribution < -0.4 is 5.32 Å². The van der Waals surface area contributed by atoms with Gasteiger partial charge in [-0.1, -0.05) is 60.7 Å². The molecule has 130 valence electrons. The van der Waals surface area contributed by atoms with Crippen LogP contribution >= 0.6 is 0 Å². The van der Waals surface area contributed by atoms with E-state index in [0.29, 0.717) is 9.87 Å². The lowest BCUT2D eigenvalue weighted by atomic mass is 9.91. The monoisotopic (exact) mass is 360 g/mol. The van der Waals surface area contributed by atoms with E-state index in [0.717, 1.165) is 5.56 Å². The molecule has 2 atom stereocenters. The molecule has 0 aromatic heterocycles. The summed E-state index contributed by atoms with van der Waals surface area (Å²) in [5, 5.41) is 2.56. The van der Waals surface area contributed by atoms with Crippen LogP contribution in [0.4, 0.5) is 0 Å². The summed E-state index contributed by atoms with van der Waals surface area (Å²) < 4.78 is 32.6. The molecule has 1 heterocycles. The standard InChI is InChI=1S/C17H16N2O5S/c20-14(11-12-7-3-1-4-8-12)18-15-16(13-9-5-2-6-10-13)19(17(15)21)25(22,23)24/h1-10,15-16H,11H2,(H,18,20)(H,22,23,24)/t15-,16-/m1/s1. The lowest BCUT2D eigenvalue weighted by molar-refractivity contribution is -0.146. The van der Waals surface area contributed by atoms with Gasteiger partial charge in [0, 0.05) is 0 Å². The van der Waals surface area contributed by atoms with Crippen molar-refractivity contribution in [3.63, 3.8) is 0 Å². The number of carbonyl (C=O) groups is 2. The van der Waals surface area contributed by atoms with Crippen molar-refractivity contribution in [1.29, 1.82) is 0 Å². The molecule has 0 bridgehead atoms. The molecule has 2 aromatic carbocycles. The molecule has 0 saturated carbocycles. The average Bonchev–Trinajstić information content (AvgIpc) is 2.57. The number of nitrogens with one attached hydrogen (secondary N) is 1. The van der Waals surface area contributed by atoms with E-state index in [1.807, 2.05) is 6.07 Å². The molecule has 0 radical (unpaired) electrons. The molecule has 2 aromatic rings. The Morgan fingerprint density at radius 3 is 2.16 bits per heavy atom. The Morgan fingerprint density at radius 1 is 1.04 bits per heavy atom. The predicted molar refractivity (Wildman–Crippen MR) is 89.7 cm³/mol. The molecule has 3 rings (SSSR count). The quantitative estimate of drug-likeness (QED) is 0.614. The summed E-state index contributed by atoms with van der Waals surface area (Å²) in [5.74, 6) is -1.27. The van der Waals surface area contributed by atoms with Gasteiger partial charge in [0.05, 0.1) is 6.42 Å². The van der Waals surface area contributed by atoms with Crippen molar-refractivity contribution in [1.82, 2.24) is 9.62 Å². The fraction of sp³-hybridized carbons (Fsp3) is 0.176. The number of rotatable bonds is 5. The van der Waals surface area contributed by atoms with Gasteiger partial charge in [-0.05, 0) is 11.1 Å². The van der Waals surface area contributed by atoms with E-state index >= 15 is 0 Å². The Balaban J connectivity index is 1.80. The summed E-state index contributed by atoms with van der Waals surface area (Å²) in [6.07, 6.45) is 0.0675. The van der Waals surface area contributed by atoms with Crippen molar-refractivity contribution in [3.8, 4) is 0 Å². The first kappa shape index (κ1) is 17.1. The van der Waals surface area contributed by atoms with Crippen LogP contribution in [0.1, 0.15) is 17.2 Å². The number of amides is 2. The van der Waals surface area contributed by atoms with Crippen molar-refractivity contribution in [2.75, 3.05) is 0 Å². The molecule has 2 amide bonds. The van der Waals surface area contributed by atoms with Crippen molar-refractivity contribution in [2.45, 2.75) is 18.5 Å². The Hall–Kier alpha value is -2.71. The Labute approximate surface area is 145 Å². The SMILES string of the molecule is O=C(Cc1ccccc1)N[C@H]1C(=O)N(S(=O)(=O)O)[C@@H]1c1ccccc1. The third kappa shape index (κ3) is 3.54. The topological polar surface area (TPSA) is 104 Å². The van der Waals surface area contributed by atoms with Crippen LogP contribution in [0, 0.1) is 0 Å². The first-order valence-electron chi connectivity index (χ1n) is 7.57. The van der Waals surface area contributed by atoms with Gasteiger partial charge in [0.25, 0.3) is 5.91 Å². The molecule has 0 aliphatic carbocycles. The van der Waals surface area contributed by atoms with Gasteiger partial charge in [-0.2, -0.15) is 8.42 Å². The second-order valence-electron chi connectivity index (χ2n) is 5.67. The molecular formula is C17H16N2O5S. The fourth-order valence-corrected chi connectivity index (χ4v) is 3.72. The molecular weight excluding hydrogens is 344 g/mol. The van der Waals surface area contributed by atoms with Crippen molar-refractivity contribution < 1.29 is 22.6 Å². The molecule has 1 aliphatic rings. The number of hydrogen-bond acceptors (Lipinski definition) is 4. The summed E-state index contributed by atoms with van der Waals surface area (Å²) in [7, 11) is -4.71. The molecule has 25 heavy (non-hydrogen) atoms. The summed E-state index contributed by atoms with van der Waals surface area (Å²) >= 11 is 0. The number of nitrogens with zero attached hydrogens (tertiary/aromatic N) is 1. The number of β-lactam (4-membered cyclic amide) rings is 1. The van der Waals surface area contributed by atoms with Crippen LogP contribution in [0.25, 0.3) is 0 Å². The predicted octanol–water partition coefficient (Wildman–Crippen LogP) is 1.10. The largest absolute Gasteiger partial charge is 0.362 e. The summed E-state index contributed by atoms with van der Waals surface area (Å²) in [6.45, 7) is 0. The summed E-state index contributed by atoms with van der Waals surface area (Å²) in [4.78, 5) is 24.4. The maximum atomic E-state index is 12.2. The van der Waals surface area contributed by atoms with Crippen LogP contribution in [-0.2, 0) is 26.3 Å². The minimum Gasteiger partial charge on any atom is -0.342 e. The average molecular weight is 360 g/mol. The second kappa shape index (κ2) is 6.66. The molecule has 1 fully saturated rings. The second-order valence-corrected chi connectivity index (χ2v) is 6.96. The smallest absolute Gasteiger partial charge is 0.342 e. The van der Waals surface area contributed by atoms with E-state index in [4.69, 9.17) is 0 Å². The van der Waals surface area contributed by atoms with E-state index in [1.54, 1.807) is 54.6 Å². The van der Waals surface area contributed by atoms with E-state index in [1.165, 1.54) is 0 Å². The molecule has 7 nitrogen and oxygen atoms in total. The Kier molecular flexibility index (Phi) is 4.56. The van der Waals surface area contributed by atoms with Crippen LogP contribution in [0.5, 0.6) is 0 Å². The zero-order valence-electron chi connectivity index (χ0n) is 13.1. The van der Waals surface area contributed by atoms with Crippen LogP contribution in [0.3, 0.4) is 0 Å². The highest BCUT2D eigenvalue weighted by Gasteiger charge is 2.54. The first-order chi connectivity index (χ1) is 11.9. The minimum atomic E-state index is -4.71. The van der Waals surface area contributed by atoms with Gasteiger partial charge in [0.2, 0.25) is 5.91 Å². The molecule has 0 unspecified atom stereocenters. The van der Waals surface area contributed by atoms with E-state index in [2.05, 4.69) is 5.32 Å².